The predicted molar refractivity (Wildman–Crippen MR) is 223 cm³/mol. The predicted octanol–water partition coefficient (Wildman–Crippen LogP) is 1.98. The smallest absolute Gasteiger partial charge is 0.209 e. The highest BCUT2D eigenvalue weighted by atomic mass is 16.3. The summed E-state index contributed by atoms with van der Waals surface area (Å²) in [4.78, 5) is 59.8. The lowest BCUT2D eigenvalue weighted by Gasteiger charge is -2.27. The summed E-state index contributed by atoms with van der Waals surface area (Å²) in [6.45, 7) is 5.51. The molecule has 4 unspecified atom stereocenters. The van der Waals surface area contributed by atoms with Crippen molar-refractivity contribution in [3.8, 4) is 23.7 Å². The number of hydrogen-bond donors (Lipinski definition) is 6. The molecule has 5 aliphatic rings. The molecule has 6 heterocycles. The lowest BCUT2D eigenvalue weighted by Crippen LogP contribution is -2.36. The lowest BCUT2D eigenvalue weighted by atomic mass is 9.93. The van der Waals surface area contributed by atoms with Gasteiger partial charge >= 0.3 is 0 Å². The molecular weight excluding hydrogens is 809 g/mol. The van der Waals surface area contributed by atoms with Crippen LogP contribution < -0.4 is 10.6 Å². The maximum absolute atomic E-state index is 12.3. The molecule has 0 aromatic carbocycles. The van der Waals surface area contributed by atoms with Gasteiger partial charge in [0.25, 0.3) is 0 Å². The molecular formula is C44H44N12O7. The van der Waals surface area contributed by atoms with E-state index in [0.29, 0.717) is 76.7 Å². The first-order valence-corrected chi connectivity index (χ1v) is 21.0. The van der Waals surface area contributed by atoms with Gasteiger partial charge in [-0.2, -0.15) is 0 Å². The van der Waals surface area contributed by atoms with Gasteiger partial charge in [-0.15, -0.1) is 0 Å². The van der Waals surface area contributed by atoms with Crippen molar-refractivity contribution in [3.63, 3.8) is 0 Å². The molecule has 0 amide bonds. The fraction of sp³-hybridized carbons (Fsp3) is 0.455. The molecule has 10 atom stereocenters. The van der Waals surface area contributed by atoms with E-state index in [1.165, 1.54) is 20.3 Å². The molecule has 5 fully saturated rings. The summed E-state index contributed by atoms with van der Waals surface area (Å²) < 4.78 is 8.79. The number of aromatic nitrogens is 10. The maximum atomic E-state index is 12.3. The molecule has 0 spiro atoms. The van der Waals surface area contributed by atoms with Gasteiger partial charge in [-0.05, 0) is 101 Å². The molecule has 6 aromatic rings. The van der Waals surface area contributed by atoms with Crippen LogP contribution >= 0.6 is 0 Å². The molecule has 0 bridgehead atoms. The van der Waals surface area contributed by atoms with Crippen LogP contribution in [-0.2, 0) is 9.59 Å². The number of carbonyl (C=O) groups is 2. The van der Waals surface area contributed by atoms with Crippen molar-refractivity contribution in [1.82, 2.24) is 49.0 Å². The van der Waals surface area contributed by atoms with Gasteiger partial charge in [0.05, 0.1) is 60.2 Å². The van der Waals surface area contributed by atoms with Crippen molar-refractivity contribution in [2.45, 2.75) is 95.4 Å². The molecule has 6 aromatic heterocycles. The van der Waals surface area contributed by atoms with Crippen LogP contribution in [0.4, 0.5) is 11.6 Å². The highest BCUT2D eigenvalue weighted by molar-refractivity contribution is 5.89. The van der Waals surface area contributed by atoms with Gasteiger partial charge in [0, 0.05) is 25.0 Å². The minimum Gasteiger partial charge on any atom is -0.456 e. The van der Waals surface area contributed by atoms with Crippen LogP contribution in [0.15, 0.2) is 54.1 Å². The highest BCUT2D eigenvalue weighted by Crippen LogP contribution is 2.69. The minimum atomic E-state index is -1.11. The average molecular weight is 853 g/mol. The van der Waals surface area contributed by atoms with Gasteiger partial charge < -0.3 is 44.6 Å². The van der Waals surface area contributed by atoms with Crippen molar-refractivity contribution in [1.29, 1.82) is 0 Å². The van der Waals surface area contributed by atoms with Crippen molar-refractivity contribution >= 4 is 45.5 Å². The molecule has 322 valence electrons. The monoisotopic (exact) mass is 852 g/mol. The second-order valence-electron chi connectivity index (χ2n) is 17.0. The number of rotatable bonds is 8. The standard InChI is InChI=1S/C23H23N5O4.C21H21N7O3/c1-12(29)23-10-15(23)18(19(30)20(23)31)28-11-24-17-21(25-13-4-2-5-13)26-16(27-22(17)28)8-7-14-6-3-9-32-14;1-3-23-19-15-20(27-14(26-19)5-4-12-9-22-6-7-24-12)28(10-25-15)16-13-8-21(13,11(2)29)18(31)17(16)30/h3,6,9,11,13,15,18-20,30-31H,2,4-5,10H2,1H3,(H,25,26,27);6-7,9-10,13,16-18,30-31H,3,8H2,1-2H3,(H,23,26,27)/t15?,18-,19+,20?,23+;13?,16-,17+,18?,21+/m11/s1. The molecule has 11 rings (SSSR count). The number of aliphatic hydroxyl groups is 4. The Morgan fingerprint density at radius 1 is 0.794 bits per heavy atom. The zero-order valence-electron chi connectivity index (χ0n) is 34.5. The zero-order chi connectivity index (χ0) is 43.8. The second-order valence-corrected chi connectivity index (χ2v) is 17.0. The Kier molecular flexibility index (Phi) is 9.83. The Balaban J connectivity index is 0.000000150. The number of fused-ring (bicyclic) bond motifs is 4. The fourth-order valence-electron chi connectivity index (χ4n) is 10.0. The Morgan fingerprint density at radius 2 is 1.38 bits per heavy atom. The number of imidazole rings is 2. The van der Waals surface area contributed by atoms with Crippen molar-refractivity contribution in [2.75, 3.05) is 17.2 Å². The van der Waals surface area contributed by atoms with Crippen LogP contribution in [-0.4, -0.2) is 118 Å². The first-order chi connectivity index (χ1) is 30.5. The van der Waals surface area contributed by atoms with Crippen molar-refractivity contribution < 1.29 is 34.4 Å². The van der Waals surface area contributed by atoms with Gasteiger partial charge in [0.2, 0.25) is 11.6 Å². The Bertz CT molecular complexity index is 2890. The fourth-order valence-corrected chi connectivity index (χ4v) is 10.0. The summed E-state index contributed by atoms with van der Waals surface area (Å²) >= 11 is 0. The van der Waals surface area contributed by atoms with Gasteiger partial charge in [0.1, 0.15) is 29.5 Å². The summed E-state index contributed by atoms with van der Waals surface area (Å²) in [6, 6.07) is 2.85. The number of Topliss-reactive ketones (excluding diaryl/α,β-unsaturated/α-hetero) is 2. The van der Waals surface area contributed by atoms with E-state index >= 15 is 0 Å². The first-order valence-electron chi connectivity index (χ1n) is 21.0. The van der Waals surface area contributed by atoms with Crippen LogP contribution in [0.2, 0.25) is 0 Å². The molecule has 63 heavy (non-hydrogen) atoms. The largest absolute Gasteiger partial charge is 0.456 e. The number of ketones is 2. The quantitative estimate of drug-likeness (QED) is 0.120. The average Bonchev–Trinajstić information content (AvgIpc) is 3.80. The number of aliphatic hydroxyl groups excluding tert-OH is 4. The Hall–Kier alpha value is -6.64. The zero-order valence-corrected chi connectivity index (χ0v) is 34.5. The third-order valence-electron chi connectivity index (χ3n) is 13.6. The van der Waals surface area contributed by atoms with E-state index in [-0.39, 0.29) is 29.2 Å². The van der Waals surface area contributed by atoms with E-state index in [2.05, 4.69) is 74.2 Å². The molecule has 0 aliphatic heterocycles. The number of nitrogens with one attached hydrogen (secondary N) is 2. The summed E-state index contributed by atoms with van der Waals surface area (Å²) in [5.74, 6) is 13.3. The van der Waals surface area contributed by atoms with E-state index in [1.54, 1.807) is 58.8 Å². The van der Waals surface area contributed by atoms with Gasteiger partial charge in [-0.1, -0.05) is 0 Å². The lowest BCUT2D eigenvalue weighted by molar-refractivity contribution is -0.128. The molecule has 5 aliphatic carbocycles. The number of furan rings is 1. The van der Waals surface area contributed by atoms with Gasteiger partial charge in [-0.3, -0.25) is 14.6 Å². The molecule has 6 N–H and O–H groups in total. The normalized spacial score (nSPS) is 29.8. The van der Waals surface area contributed by atoms with Crippen molar-refractivity contribution in [2.24, 2.45) is 22.7 Å². The maximum Gasteiger partial charge on any atom is 0.209 e. The van der Waals surface area contributed by atoms with E-state index in [1.807, 2.05) is 6.92 Å². The molecule has 0 saturated heterocycles. The van der Waals surface area contributed by atoms with Crippen LogP contribution in [0, 0.1) is 46.3 Å². The Labute approximate surface area is 359 Å². The first kappa shape index (κ1) is 40.4. The SMILES string of the molecule is CC(=O)[C@@]12CC1[C@@H](n1cnc3c(NC4CCC4)nc(C#Cc4ccco4)nc31)[C@H](O)C2O.CCNc1nc(C#Cc2cnccn2)nc2c1ncn2[C@@H]1C2C[C@@]2(C(C)=O)C(O)[C@H]1O. The van der Waals surface area contributed by atoms with Crippen LogP contribution in [0.25, 0.3) is 22.3 Å². The second kappa shape index (κ2) is 15.3. The molecule has 19 nitrogen and oxygen atoms in total. The molecule has 19 heteroatoms. The number of anilines is 2. The van der Waals surface area contributed by atoms with E-state index in [0.717, 1.165) is 12.8 Å². The molecule has 0 radical (unpaired) electrons. The number of hydrogen-bond acceptors (Lipinski definition) is 17. The van der Waals surface area contributed by atoms with Gasteiger partial charge in [-0.25, -0.2) is 34.9 Å². The van der Waals surface area contributed by atoms with E-state index in [4.69, 9.17) is 4.42 Å². The van der Waals surface area contributed by atoms with Crippen molar-refractivity contribution in [3.05, 3.63) is 72.7 Å². The van der Waals surface area contributed by atoms with E-state index in [9.17, 15) is 30.0 Å². The summed E-state index contributed by atoms with van der Waals surface area (Å²) in [5, 5.41) is 49.4. The summed E-state index contributed by atoms with van der Waals surface area (Å²) in [7, 11) is 0. The van der Waals surface area contributed by atoms with Crippen LogP contribution in [0.3, 0.4) is 0 Å². The van der Waals surface area contributed by atoms with Crippen LogP contribution in [0.5, 0.6) is 0 Å². The molecule has 5 saturated carbocycles. The topological polar surface area (TPSA) is 265 Å². The third-order valence-corrected chi connectivity index (χ3v) is 13.6. The number of nitrogens with zero attached hydrogens (tertiary/aromatic N) is 10. The highest BCUT2D eigenvalue weighted by Gasteiger charge is 2.75. The Morgan fingerprint density at radius 3 is 1.87 bits per heavy atom. The third kappa shape index (κ3) is 6.53. The van der Waals surface area contributed by atoms with Crippen LogP contribution in [0.1, 0.15) is 88.1 Å². The number of carbonyl (C=O) groups excluding carboxylic acids is 2. The van der Waals surface area contributed by atoms with Gasteiger partial charge in [0.15, 0.2) is 39.7 Å². The summed E-state index contributed by atoms with van der Waals surface area (Å²) in [6.07, 6.45) is 9.43. The van der Waals surface area contributed by atoms with E-state index < -0.39 is 47.3 Å². The summed E-state index contributed by atoms with van der Waals surface area (Å²) in [5.41, 5.74) is 0.862. The minimum absolute atomic E-state index is 0.0899.